The molecule has 0 saturated carbocycles. The van der Waals surface area contributed by atoms with Crippen LogP contribution in [0.2, 0.25) is 0 Å². The Kier molecular flexibility index (Phi) is 3.16. The molecular formula is C7H10N4O3. The van der Waals surface area contributed by atoms with Crippen molar-refractivity contribution in [3.05, 3.63) is 0 Å². The fraction of sp³-hybridized carbons (Fsp3) is 0.429. The van der Waals surface area contributed by atoms with Gasteiger partial charge in [0.25, 0.3) is 0 Å². The van der Waals surface area contributed by atoms with Gasteiger partial charge in [0.1, 0.15) is 0 Å². The molecule has 0 spiro atoms. The maximum Gasteiger partial charge on any atom is 0.316 e. The zero-order valence-electron chi connectivity index (χ0n) is 7.59. The van der Waals surface area contributed by atoms with Crippen LogP contribution in [0.4, 0.5) is 0 Å². The van der Waals surface area contributed by atoms with Gasteiger partial charge in [0.05, 0.1) is 6.54 Å². The number of carbonyl (C=O) groups is 3. The Morgan fingerprint density at radius 2 is 1.93 bits per heavy atom. The molecule has 14 heavy (non-hydrogen) atoms. The number of carbonyl (C=O) groups excluding carboxylic acids is 3. The molecule has 3 amide bonds. The quantitative estimate of drug-likeness (QED) is 0.445. The van der Waals surface area contributed by atoms with E-state index in [0.717, 1.165) is 0 Å². The fourth-order valence-electron chi connectivity index (χ4n) is 0.833. The zero-order valence-corrected chi connectivity index (χ0v) is 7.59. The second kappa shape index (κ2) is 4.35. The van der Waals surface area contributed by atoms with Gasteiger partial charge in [0.2, 0.25) is 11.9 Å². The van der Waals surface area contributed by atoms with E-state index in [1.807, 2.05) is 0 Å². The van der Waals surface area contributed by atoms with Crippen LogP contribution in [0.25, 0.3) is 0 Å². The average molecular weight is 198 g/mol. The maximum absolute atomic E-state index is 10.8. The first kappa shape index (κ1) is 10.2. The molecule has 7 nitrogen and oxygen atoms in total. The van der Waals surface area contributed by atoms with Crippen LogP contribution in [0.1, 0.15) is 6.42 Å². The first-order valence-corrected chi connectivity index (χ1v) is 4.01. The molecule has 0 atom stereocenters. The molecule has 0 aliphatic carbocycles. The largest absolute Gasteiger partial charge is 0.359 e. The van der Waals surface area contributed by atoms with Crippen LogP contribution in [-0.4, -0.2) is 37.3 Å². The predicted octanol–water partition coefficient (Wildman–Crippen LogP) is -2.28. The lowest BCUT2D eigenvalue weighted by Crippen LogP contribution is -2.26. The summed E-state index contributed by atoms with van der Waals surface area (Å²) in [6.45, 7) is 0.218. The third-order valence-electron chi connectivity index (χ3n) is 1.56. The molecule has 0 aromatic rings. The number of hydrogen-bond donors (Lipinski definition) is 3. The molecule has 7 heteroatoms. The van der Waals surface area contributed by atoms with Crippen molar-refractivity contribution in [3.63, 3.8) is 0 Å². The van der Waals surface area contributed by atoms with Gasteiger partial charge in [0.15, 0.2) is 0 Å². The lowest BCUT2D eigenvalue weighted by atomic mass is 10.4. The van der Waals surface area contributed by atoms with Crippen LogP contribution in [0, 0.1) is 0 Å². The summed E-state index contributed by atoms with van der Waals surface area (Å²) in [6.07, 6.45) is 0.214. The van der Waals surface area contributed by atoms with Gasteiger partial charge in [-0.1, -0.05) is 0 Å². The second-order valence-electron chi connectivity index (χ2n) is 2.56. The van der Waals surface area contributed by atoms with Crippen molar-refractivity contribution in [2.24, 2.45) is 4.99 Å². The summed E-state index contributed by atoms with van der Waals surface area (Å²) in [6, 6.07) is 0. The molecule has 0 aromatic heterocycles. The molecule has 1 fully saturated rings. The molecule has 1 aliphatic heterocycles. The zero-order chi connectivity index (χ0) is 10.6. The van der Waals surface area contributed by atoms with E-state index >= 15 is 0 Å². The van der Waals surface area contributed by atoms with Crippen molar-refractivity contribution in [2.45, 2.75) is 6.42 Å². The van der Waals surface area contributed by atoms with Gasteiger partial charge >= 0.3 is 11.8 Å². The van der Waals surface area contributed by atoms with Crippen molar-refractivity contribution in [3.8, 4) is 0 Å². The van der Waals surface area contributed by atoms with Gasteiger partial charge in [0, 0.05) is 13.5 Å². The van der Waals surface area contributed by atoms with E-state index in [2.05, 4.69) is 20.9 Å². The predicted molar refractivity (Wildman–Crippen MR) is 47.3 cm³/mol. The SMILES string of the molecule is CNC(=O)CCN=C1NC(=O)C(=O)N1. The van der Waals surface area contributed by atoms with Gasteiger partial charge in [-0.3, -0.25) is 30.0 Å². The van der Waals surface area contributed by atoms with Gasteiger partial charge < -0.3 is 5.32 Å². The molecule has 1 heterocycles. The number of amides is 3. The Bertz CT molecular complexity index is 292. The van der Waals surface area contributed by atoms with E-state index in [0.29, 0.717) is 0 Å². The van der Waals surface area contributed by atoms with E-state index in [1.54, 1.807) is 0 Å². The summed E-state index contributed by atoms with van der Waals surface area (Å²) in [5.41, 5.74) is 0. The first-order chi connectivity index (χ1) is 6.63. The molecule has 0 aromatic carbocycles. The molecule has 1 saturated heterocycles. The molecular weight excluding hydrogens is 188 g/mol. The topological polar surface area (TPSA) is 99.7 Å². The first-order valence-electron chi connectivity index (χ1n) is 4.01. The number of nitrogens with zero attached hydrogens (tertiary/aromatic N) is 1. The van der Waals surface area contributed by atoms with Crippen molar-refractivity contribution < 1.29 is 14.4 Å². The summed E-state index contributed by atoms with van der Waals surface area (Å²) in [4.78, 5) is 35.9. The summed E-state index contributed by atoms with van der Waals surface area (Å²) in [5, 5.41) is 6.85. The molecule has 76 valence electrons. The van der Waals surface area contributed by atoms with E-state index < -0.39 is 11.8 Å². The minimum atomic E-state index is -0.733. The smallest absolute Gasteiger partial charge is 0.316 e. The standard InChI is InChI=1S/C7H10N4O3/c1-8-4(12)2-3-9-7-10-5(13)6(14)11-7/h2-3H2,1H3,(H,8,12)(H2,9,10,11,13,14). The molecule has 1 aliphatic rings. The van der Waals surface area contributed by atoms with E-state index in [9.17, 15) is 14.4 Å². The lowest BCUT2D eigenvalue weighted by Gasteiger charge is -1.97. The van der Waals surface area contributed by atoms with E-state index in [4.69, 9.17) is 0 Å². The summed E-state index contributed by atoms with van der Waals surface area (Å²) in [7, 11) is 1.52. The Labute approximate surface area is 80.0 Å². The molecule has 0 radical (unpaired) electrons. The van der Waals surface area contributed by atoms with Crippen LogP contribution in [-0.2, 0) is 14.4 Å². The van der Waals surface area contributed by atoms with Gasteiger partial charge in [-0.05, 0) is 0 Å². The highest BCUT2D eigenvalue weighted by Crippen LogP contribution is 1.86. The normalized spacial score (nSPS) is 14.8. The Morgan fingerprint density at radius 3 is 2.43 bits per heavy atom. The van der Waals surface area contributed by atoms with Gasteiger partial charge in [-0.2, -0.15) is 0 Å². The van der Waals surface area contributed by atoms with Crippen molar-refractivity contribution in [2.75, 3.05) is 13.6 Å². The number of guanidine groups is 1. The minimum absolute atomic E-state index is 0.101. The fourth-order valence-corrected chi connectivity index (χ4v) is 0.833. The molecule has 3 N–H and O–H groups in total. The van der Waals surface area contributed by atoms with E-state index in [1.165, 1.54) is 7.05 Å². The monoisotopic (exact) mass is 198 g/mol. The van der Waals surface area contributed by atoms with Crippen LogP contribution in [0.5, 0.6) is 0 Å². The Balaban J connectivity index is 2.36. The van der Waals surface area contributed by atoms with Crippen LogP contribution >= 0.6 is 0 Å². The summed E-state index contributed by atoms with van der Waals surface area (Å²) in [5.74, 6) is -1.51. The average Bonchev–Trinajstić information content (AvgIpc) is 2.46. The number of nitrogens with one attached hydrogen (secondary N) is 3. The van der Waals surface area contributed by atoms with Crippen molar-refractivity contribution in [1.29, 1.82) is 0 Å². The van der Waals surface area contributed by atoms with Crippen molar-refractivity contribution >= 4 is 23.7 Å². The van der Waals surface area contributed by atoms with Crippen LogP contribution in [0.3, 0.4) is 0 Å². The Morgan fingerprint density at radius 1 is 1.36 bits per heavy atom. The van der Waals surface area contributed by atoms with Gasteiger partial charge in [-0.25, -0.2) is 0 Å². The number of aliphatic imine (C=N–C) groups is 1. The van der Waals surface area contributed by atoms with Crippen LogP contribution in [0.15, 0.2) is 4.99 Å². The highest BCUT2D eigenvalue weighted by Gasteiger charge is 2.24. The Hall–Kier alpha value is -1.92. The number of rotatable bonds is 3. The molecule has 1 rings (SSSR count). The lowest BCUT2D eigenvalue weighted by molar-refractivity contribution is -0.135. The summed E-state index contributed by atoms with van der Waals surface area (Å²) < 4.78 is 0. The minimum Gasteiger partial charge on any atom is -0.359 e. The number of hydrogen-bond acceptors (Lipinski definition) is 4. The second-order valence-corrected chi connectivity index (χ2v) is 2.56. The highest BCUT2D eigenvalue weighted by atomic mass is 16.2. The summed E-state index contributed by atoms with van der Waals surface area (Å²) >= 11 is 0. The molecule has 0 bridgehead atoms. The highest BCUT2D eigenvalue weighted by molar-refractivity contribution is 6.45. The van der Waals surface area contributed by atoms with Crippen LogP contribution < -0.4 is 16.0 Å². The van der Waals surface area contributed by atoms with Gasteiger partial charge in [-0.15, -0.1) is 0 Å². The third kappa shape index (κ3) is 2.54. The maximum atomic E-state index is 10.8. The third-order valence-corrected chi connectivity index (χ3v) is 1.56. The van der Waals surface area contributed by atoms with E-state index in [-0.39, 0.29) is 24.8 Å². The van der Waals surface area contributed by atoms with Crippen molar-refractivity contribution in [1.82, 2.24) is 16.0 Å². The molecule has 0 unspecified atom stereocenters.